The Morgan fingerprint density at radius 3 is 1.53 bits per heavy atom. The average Bonchev–Trinajstić information content (AvgIpc) is 2.92. The topological polar surface area (TPSA) is 49.9 Å². The molecule has 0 atom stereocenters. The standard InChI is InChI=1S/C29H22N2O3S2/c32-28(31-22-11-3-7-15-26(22)36-27-16-8-4-12-23(27)31)19-34-29(33)17-18-30-20-9-1-5-13-24(20)35-25-14-6-2-10-21(25)30/h1-16H,17-19H2. The predicted molar refractivity (Wildman–Crippen MR) is 144 cm³/mol. The summed E-state index contributed by atoms with van der Waals surface area (Å²) in [4.78, 5) is 34.2. The highest BCUT2D eigenvalue weighted by atomic mass is 32.2. The van der Waals surface area contributed by atoms with E-state index in [1.807, 2.05) is 72.8 Å². The van der Waals surface area contributed by atoms with Gasteiger partial charge in [-0.2, -0.15) is 0 Å². The molecule has 0 saturated carbocycles. The minimum Gasteiger partial charge on any atom is -0.455 e. The Morgan fingerprint density at radius 2 is 1.03 bits per heavy atom. The van der Waals surface area contributed by atoms with Crippen molar-refractivity contribution in [1.82, 2.24) is 0 Å². The Morgan fingerprint density at radius 1 is 0.611 bits per heavy atom. The van der Waals surface area contributed by atoms with E-state index >= 15 is 0 Å². The van der Waals surface area contributed by atoms with Gasteiger partial charge in [-0.1, -0.05) is 72.1 Å². The van der Waals surface area contributed by atoms with Crippen molar-refractivity contribution in [3.8, 4) is 0 Å². The number of rotatable bonds is 5. The van der Waals surface area contributed by atoms with Crippen LogP contribution >= 0.6 is 23.5 Å². The number of benzene rings is 4. The van der Waals surface area contributed by atoms with Crippen LogP contribution in [0.4, 0.5) is 22.7 Å². The van der Waals surface area contributed by atoms with Crippen LogP contribution < -0.4 is 9.80 Å². The monoisotopic (exact) mass is 510 g/mol. The highest BCUT2D eigenvalue weighted by molar-refractivity contribution is 8.00. The summed E-state index contributed by atoms with van der Waals surface area (Å²) < 4.78 is 5.49. The Labute approximate surface area is 218 Å². The van der Waals surface area contributed by atoms with Crippen LogP contribution in [0.2, 0.25) is 0 Å². The molecule has 36 heavy (non-hydrogen) atoms. The molecule has 0 fully saturated rings. The van der Waals surface area contributed by atoms with Crippen LogP contribution in [0, 0.1) is 0 Å². The fourth-order valence-electron chi connectivity index (χ4n) is 4.48. The Balaban J connectivity index is 1.15. The largest absolute Gasteiger partial charge is 0.455 e. The van der Waals surface area contributed by atoms with Gasteiger partial charge in [0.2, 0.25) is 0 Å². The minimum absolute atomic E-state index is 0.170. The van der Waals surface area contributed by atoms with Crippen LogP contribution in [-0.2, 0) is 14.3 Å². The number of hydrogen-bond donors (Lipinski definition) is 0. The van der Waals surface area contributed by atoms with Gasteiger partial charge in [0.25, 0.3) is 5.91 Å². The summed E-state index contributed by atoms with van der Waals surface area (Å²) in [5.41, 5.74) is 3.76. The van der Waals surface area contributed by atoms with Crippen molar-refractivity contribution in [2.75, 3.05) is 23.0 Å². The van der Waals surface area contributed by atoms with Crippen molar-refractivity contribution in [2.24, 2.45) is 0 Å². The van der Waals surface area contributed by atoms with Gasteiger partial charge in [-0.15, -0.1) is 0 Å². The van der Waals surface area contributed by atoms with Gasteiger partial charge >= 0.3 is 5.97 Å². The average molecular weight is 511 g/mol. The first kappa shape index (κ1) is 22.8. The first-order valence-electron chi connectivity index (χ1n) is 11.7. The molecule has 2 aliphatic heterocycles. The van der Waals surface area contributed by atoms with E-state index in [0.29, 0.717) is 6.54 Å². The molecule has 0 N–H and O–H groups in total. The maximum atomic E-state index is 13.3. The summed E-state index contributed by atoms with van der Waals surface area (Å²) in [6, 6.07) is 31.9. The highest BCUT2D eigenvalue weighted by Gasteiger charge is 2.29. The normalized spacial score (nSPS) is 13.2. The van der Waals surface area contributed by atoms with E-state index in [1.54, 1.807) is 28.4 Å². The van der Waals surface area contributed by atoms with Gasteiger partial charge in [0.05, 0.1) is 29.2 Å². The molecule has 1 amide bonds. The number of carbonyl (C=O) groups is 2. The molecule has 0 saturated heterocycles. The Kier molecular flexibility index (Phi) is 6.17. The third-order valence-corrected chi connectivity index (χ3v) is 8.37. The van der Waals surface area contributed by atoms with E-state index in [1.165, 1.54) is 0 Å². The van der Waals surface area contributed by atoms with Crippen LogP contribution in [0.3, 0.4) is 0 Å². The molecule has 0 bridgehead atoms. The summed E-state index contributed by atoms with van der Waals surface area (Å²) in [7, 11) is 0. The second-order valence-electron chi connectivity index (χ2n) is 8.37. The second-order valence-corrected chi connectivity index (χ2v) is 10.5. The predicted octanol–water partition coefficient (Wildman–Crippen LogP) is 7.05. The number of fused-ring (bicyclic) bond motifs is 4. The lowest BCUT2D eigenvalue weighted by atomic mass is 10.2. The van der Waals surface area contributed by atoms with Crippen LogP contribution in [-0.4, -0.2) is 25.0 Å². The number of carbonyl (C=O) groups excluding carboxylic acids is 2. The fourth-order valence-corrected chi connectivity index (χ4v) is 6.63. The molecular formula is C29H22N2O3S2. The zero-order chi connectivity index (χ0) is 24.5. The van der Waals surface area contributed by atoms with Crippen molar-refractivity contribution in [3.05, 3.63) is 97.1 Å². The zero-order valence-corrected chi connectivity index (χ0v) is 20.9. The molecule has 2 heterocycles. The van der Waals surface area contributed by atoms with Crippen molar-refractivity contribution in [3.63, 3.8) is 0 Å². The SMILES string of the molecule is O=C(CCN1c2ccccc2Sc2ccccc21)OCC(=O)N1c2ccccc2Sc2ccccc21. The lowest BCUT2D eigenvalue weighted by Crippen LogP contribution is -2.33. The number of nitrogens with zero attached hydrogens (tertiary/aromatic N) is 2. The molecule has 5 nitrogen and oxygen atoms in total. The van der Waals surface area contributed by atoms with Crippen LogP contribution in [0.25, 0.3) is 0 Å². The number of anilines is 4. The van der Waals surface area contributed by atoms with Gasteiger partial charge < -0.3 is 9.64 Å². The summed E-state index contributed by atoms with van der Waals surface area (Å²) in [5, 5.41) is 0. The van der Waals surface area contributed by atoms with Gasteiger partial charge in [-0.05, 0) is 48.5 Å². The summed E-state index contributed by atoms with van der Waals surface area (Å²) in [5.74, 6) is -0.668. The molecule has 178 valence electrons. The van der Waals surface area contributed by atoms with Crippen LogP contribution in [0.1, 0.15) is 6.42 Å². The lowest BCUT2D eigenvalue weighted by molar-refractivity contribution is -0.147. The quantitative estimate of drug-likeness (QED) is 0.268. The molecule has 0 spiro atoms. The van der Waals surface area contributed by atoms with E-state index in [4.69, 9.17) is 4.74 Å². The van der Waals surface area contributed by atoms with E-state index in [-0.39, 0.29) is 18.9 Å². The second kappa shape index (κ2) is 9.76. The van der Waals surface area contributed by atoms with E-state index in [2.05, 4.69) is 29.2 Å². The third-order valence-electron chi connectivity index (χ3n) is 6.11. The fraction of sp³-hybridized carbons (Fsp3) is 0.103. The Bertz CT molecular complexity index is 1380. The molecule has 6 rings (SSSR count). The molecular weight excluding hydrogens is 488 g/mol. The van der Waals surface area contributed by atoms with Gasteiger partial charge in [0, 0.05) is 26.1 Å². The minimum atomic E-state index is -0.399. The van der Waals surface area contributed by atoms with Crippen molar-refractivity contribution in [2.45, 2.75) is 26.0 Å². The van der Waals surface area contributed by atoms with E-state index in [0.717, 1.165) is 42.3 Å². The summed E-state index contributed by atoms with van der Waals surface area (Å²) in [6.45, 7) is 0.156. The van der Waals surface area contributed by atoms with Gasteiger partial charge in [-0.3, -0.25) is 14.5 Å². The maximum absolute atomic E-state index is 13.3. The molecule has 0 radical (unpaired) electrons. The molecule has 2 aliphatic rings. The molecule has 4 aromatic rings. The van der Waals surface area contributed by atoms with Gasteiger partial charge in [-0.25, -0.2) is 0 Å². The Hall–Kier alpha value is -3.68. The molecule has 0 unspecified atom stereocenters. The molecule has 4 aromatic carbocycles. The number of hydrogen-bond acceptors (Lipinski definition) is 6. The van der Waals surface area contributed by atoms with Gasteiger partial charge in [0.1, 0.15) is 0 Å². The lowest BCUT2D eigenvalue weighted by Gasteiger charge is -2.32. The van der Waals surface area contributed by atoms with E-state index < -0.39 is 5.97 Å². The smallest absolute Gasteiger partial charge is 0.308 e. The first-order chi connectivity index (χ1) is 17.7. The number of amides is 1. The molecule has 0 aromatic heterocycles. The van der Waals surface area contributed by atoms with Crippen molar-refractivity contribution >= 4 is 58.1 Å². The van der Waals surface area contributed by atoms with Crippen molar-refractivity contribution < 1.29 is 14.3 Å². The third kappa shape index (κ3) is 4.25. The van der Waals surface area contributed by atoms with E-state index in [9.17, 15) is 9.59 Å². The molecule has 0 aliphatic carbocycles. The summed E-state index contributed by atoms with van der Waals surface area (Å²) in [6.07, 6.45) is 0.170. The van der Waals surface area contributed by atoms with Crippen LogP contribution in [0.15, 0.2) is 117 Å². The molecule has 7 heteroatoms. The maximum Gasteiger partial charge on any atom is 0.308 e. The number of para-hydroxylation sites is 4. The number of esters is 1. The number of ether oxygens (including phenoxy) is 1. The highest BCUT2D eigenvalue weighted by Crippen LogP contribution is 2.49. The summed E-state index contributed by atoms with van der Waals surface area (Å²) >= 11 is 3.36. The zero-order valence-electron chi connectivity index (χ0n) is 19.3. The van der Waals surface area contributed by atoms with Crippen LogP contribution in [0.5, 0.6) is 0 Å². The first-order valence-corrected chi connectivity index (χ1v) is 13.3. The van der Waals surface area contributed by atoms with Crippen molar-refractivity contribution in [1.29, 1.82) is 0 Å². The van der Waals surface area contributed by atoms with Gasteiger partial charge in [0.15, 0.2) is 6.61 Å².